The topological polar surface area (TPSA) is 46.7 Å². The van der Waals surface area contributed by atoms with Crippen LogP contribution in [0.5, 0.6) is 0 Å². The third-order valence-electron chi connectivity index (χ3n) is 3.36. The Morgan fingerprint density at radius 3 is 2.75 bits per heavy atom. The average Bonchev–Trinajstić information content (AvgIpc) is 2.81. The second-order valence-corrected chi connectivity index (χ2v) is 5.13. The lowest BCUT2D eigenvalue weighted by atomic mass is 10.1. The zero-order valence-corrected chi connectivity index (χ0v) is 11.8. The Kier molecular flexibility index (Phi) is 3.03. The molecule has 0 bridgehead atoms. The molecule has 0 saturated heterocycles. The van der Waals surface area contributed by atoms with Gasteiger partial charge in [-0.1, -0.05) is 23.7 Å². The first-order valence-electron chi connectivity index (χ1n) is 6.20. The number of aromatic nitrogens is 2. The normalized spacial score (nSPS) is 10.9. The number of hydrogen-bond donors (Lipinski definition) is 0. The molecule has 0 aliphatic carbocycles. The van der Waals surface area contributed by atoms with Crippen LogP contribution in [0, 0.1) is 18.8 Å². The van der Waals surface area contributed by atoms with Crippen molar-refractivity contribution >= 4 is 23.1 Å². The van der Waals surface area contributed by atoms with E-state index in [4.69, 9.17) is 11.6 Å². The number of pyridine rings is 1. The summed E-state index contributed by atoms with van der Waals surface area (Å²) < 4.78 is 1.75. The number of hydrogen-bond acceptors (Lipinski definition) is 3. The van der Waals surface area contributed by atoms with E-state index in [0.717, 1.165) is 16.8 Å². The molecule has 2 heterocycles. The van der Waals surface area contributed by atoms with E-state index < -0.39 is 0 Å². The Labute approximate surface area is 121 Å². The summed E-state index contributed by atoms with van der Waals surface area (Å²) in [6, 6.07) is 11.2. The van der Waals surface area contributed by atoms with Gasteiger partial charge in [0.05, 0.1) is 0 Å². The average molecular weight is 286 g/mol. The number of rotatable bonds is 2. The second-order valence-electron chi connectivity index (χ2n) is 4.70. The molecule has 0 spiro atoms. The van der Waals surface area contributed by atoms with Gasteiger partial charge in [0.15, 0.2) is 0 Å². The summed E-state index contributed by atoms with van der Waals surface area (Å²) in [7, 11) is 0. The van der Waals surface area contributed by atoms with Crippen LogP contribution in [-0.4, -0.2) is 9.38 Å². The number of nitroso groups, excluding NO2 is 1. The molecule has 0 fully saturated rings. The van der Waals surface area contributed by atoms with Crippen molar-refractivity contribution in [3.63, 3.8) is 0 Å². The van der Waals surface area contributed by atoms with Gasteiger partial charge in [0.1, 0.15) is 11.3 Å². The van der Waals surface area contributed by atoms with Crippen LogP contribution >= 0.6 is 11.6 Å². The van der Waals surface area contributed by atoms with Crippen LogP contribution in [0.3, 0.4) is 0 Å². The van der Waals surface area contributed by atoms with Crippen LogP contribution in [-0.2, 0) is 0 Å². The molecule has 0 amide bonds. The Balaban J connectivity index is 2.39. The highest BCUT2D eigenvalue weighted by atomic mass is 35.5. The van der Waals surface area contributed by atoms with E-state index in [2.05, 4.69) is 10.2 Å². The minimum atomic E-state index is 0.309. The van der Waals surface area contributed by atoms with Crippen molar-refractivity contribution in [2.45, 2.75) is 13.8 Å². The van der Waals surface area contributed by atoms with Crippen molar-refractivity contribution in [3.8, 4) is 11.3 Å². The van der Waals surface area contributed by atoms with Crippen LogP contribution in [0.2, 0.25) is 5.02 Å². The molecular formula is C15H12ClN3O. The molecule has 3 aromatic rings. The smallest absolute Gasteiger partial charge is 0.209 e. The van der Waals surface area contributed by atoms with Gasteiger partial charge in [-0.15, -0.1) is 4.91 Å². The Morgan fingerprint density at radius 1 is 1.20 bits per heavy atom. The quantitative estimate of drug-likeness (QED) is 0.642. The number of imidazole rings is 1. The van der Waals surface area contributed by atoms with Gasteiger partial charge in [0.2, 0.25) is 5.82 Å². The minimum absolute atomic E-state index is 0.309. The molecule has 1 aromatic carbocycles. The van der Waals surface area contributed by atoms with Crippen molar-refractivity contribution in [2.75, 3.05) is 0 Å². The highest BCUT2D eigenvalue weighted by Crippen LogP contribution is 2.34. The lowest BCUT2D eigenvalue weighted by Crippen LogP contribution is -1.89. The molecule has 0 aliphatic rings. The molecule has 0 unspecified atom stereocenters. The molecule has 3 rings (SSSR count). The zero-order chi connectivity index (χ0) is 14.3. The summed E-state index contributed by atoms with van der Waals surface area (Å²) in [5, 5.41) is 3.78. The van der Waals surface area contributed by atoms with E-state index in [1.165, 1.54) is 0 Å². The fourth-order valence-electron chi connectivity index (χ4n) is 2.35. The van der Waals surface area contributed by atoms with E-state index in [0.29, 0.717) is 22.2 Å². The predicted octanol–water partition coefficient (Wildman–Crippen LogP) is 4.67. The maximum absolute atomic E-state index is 11.3. The fourth-order valence-corrected chi connectivity index (χ4v) is 2.52. The van der Waals surface area contributed by atoms with Gasteiger partial charge in [0.25, 0.3) is 0 Å². The largest absolute Gasteiger partial charge is 0.278 e. The first-order valence-corrected chi connectivity index (χ1v) is 6.57. The number of aryl methyl sites for hydroxylation is 2. The van der Waals surface area contributed by atoms with Gasteiger partial charge in [-0.25, -0.2) is 4.98 Å². The van der Waals surface area contributed by atoms with Crippen molar-refractivity contribution in [1.82, 2.24) is 9.38 Å². The van der Waals surface area contributed by atoms with Gasteiger partial charge in [-0.05, 0) is 48.9 Å². The standard InChI is InChI=1S/C15H12ClN3O/c1-9-6-7-11(16)8-12(9)14-15(18-20)19-10(2)4-3-5-13(19)17-14/h3-8H,1-2H3. The first-order chi connectivity index (χ1) is 9.61. The van der Waals surface area contributed by atoms with Crippen LogP contribution in [0.15, 0.2) is 41.6 Å². The highest BCUT2D eigenvalue weighted by Gasteiger charge is 2.17. The number of nitrogens with zero attached hydrogens (tertiary/aromatic N) is 3. The van der Waals surface area contributed by atoms with Gasteiger partial charge >= 0.3 is 0 Å². The Bertz CT molecular complexity index is 823. The third kappa shape index (κ3) is 1.89. The number of benzene rings is 1. The molecule has 0 atom stereocenters. The molecule has 100 valence electrons. The van der Waals surface area contributed by atoms with Gasteiger partial charge in [-0.2, -0.15) is 0 Å². The summed E-state index contributed by atoms with van der Waals surface area (Å²) in [5.41, 5.74) is 4.01. The first kappa shape index (κ1) is 12.8. The van der Waals surface area contributed by atoms with Crippen molar-refractivity contribution in [3.05, 3.63) is 57.6 Å². The molecule has 0 radical (unpaired) electrons. The summed E-state index contributed by atoms with van der Waals surface area (Å²) in [6.07, 6.45) is 0. The summed E-state index contributed by atoms with van der Waals surface area (Å²) >= 11 is 6.05. The molecule has 4 nitrogen and oxygen atoms in total. The molecule has 0 N–H and O–H groups in total. The summed E-state index contributed by atoms with van der Waals surface area (Å²) in [6.45, 7) is 3.87. The number of halogens is 1. The Hall–Kier alpha value is -2.20. The summed E-state index contributed by atoms with van der Waals surface area (Å²) in [5.74, 6) is 0.309. The van der Waals surface area contributed by atoms with E-state index >= 15 is 0 Å². The fraction of sp³-hybridized carbons (Fsp3) is 0.133. The van der Waals surface area contributed by atoms with Crippen molar-refractivity contribution in [1.29, 1.82) is 0 Å². The SMILES string of the molecule is Cc1ccc(Cl)cc1-c1nc2cccc(C)n2c1N=O. The maximum Gasteiger partial charge on any atom is 0.209 e. The number of fused-ring (bicyclic) bond motifs is 1. The molecular weight excluding hydrogens is 274 g/mol. The van der Waals surface area contributed by atoms with E-state index in [1.807, 2.05) is 50.2 Å². The van der Waals surface area contributed by atoms with Crippen molar-refractivity contribution in [2.24, 2.45) is 5.18 Å². The van der Waals surface area contributed by atoms with Crippen LogP contribution < -0.4 is 0 Å². The molecule has 2 aromatic heterocycles. The van der Waals surface area contributed by atoms with Crippen LogP contribution in [0.4, 0.5) is 5.82 Å². The second kappa shape index (κ2) is 4.72. The lowest BCUT2D eigenvalue weighted by molar-refractivity contribution is 1.08. The minimum Gasteiger partial charge on any atom is -0.278 e. The zero-order valence-electron chi connectivity index (χ0n) is 11.1. The molecule has 20 heavy (non-hydrogen) atoms. The van der Waals surface area contributed by atoms with Gasteiger partial charge in [0, 0.05) is 16.3 Å². The molecule has 5 heteroatoms. The molecule has 0 aliphatic heterocycles. The van der Waals surface area contributed by atoms with Gasteiger partial charge in [-0.3, -0.25) is 4.40 Å². The maximum atomic E-state index is 11.3. The van der Waals surface area contributed by atoms with E-state index in [9.17, 15) is 4.91 Å². The Morgan fingerprint density at radius 2 is 2.00 bits per heavy atom. The highest BCUT2D eigenvalue weighted by molar-refractivity contribution is 6.30. The van der Waals surface area contributed by atoms with E-state index in [1.54, 1.807) is 4.40 Å². The van der Waals surface area contributed by atoms with Crippen LogP contribution in [0.25, 0.3) is 16.9 Å². The monoisotopic (exact) mass is 285 g/mol. The van der Waals surface area contributed by atoms with Crippen LogP contribution in [0.1, 0.15) is 11.3 Å². The third-order valence-corrected chi connectivity index (χ3v) is 3.59. The summed E-state index contributed by atoms with van der Waals surface area (Å²) in [4.78, 5) is 15.8. The van der Waals surface area contributed by atoms with Crippen molar-refractivity contribution < 1.29 is 0 Å². The van der Waals surface area contributed by atoms with E-state index in [-0.39, 0.29) is 0 Å². The lowest BCUT2D eigenvalue weighted by Gasteiger charge is -2.04. The molecule has 0 saturated carbocycles. The predicted molar refractivity (Wildman–Crippen MR) is 80.6 cm³/mol. The van der Waals surface area contributed by atoms with Gasteiger partial charge < -0.3 is 0 Å².